The Labute approximate surface area is 146 Å². The quantitative estimate of drug-likeness (QED) is 0.761. The monoisotopic (exact) mass is 364 g/mol. The van der Waals surface area contributed by atoms with Gasteiger partial charge in [0.1, 0.15) is 5.75 Å². The smallest absolute Gasteiger partial charge is 0.223 e. The number of carbonyl (C=O) groups excluding carboxylic acids is 1. The Morgan fingerprint density at radius 1 is 1.36 bits per heavy atom. The van der Waals surface area contributed by atoms with E-state index in [9.17, 15) is 4.79 Å². The summed E-state index contributed by atoms with van der Waals surface area (Å²) in [7, 11) is 0. The molecule has 1 aromatic carbocycles. The van der Waals surface area contributed by atoms with E-state index in [1.807, 2.05) is 0 Å². The summed E-state index contributed by atoms with van der Waals surface area (Å²) in [4.78, 5) is 11.7. The second-order valence-electron chi connectivity index (χ2n) is 4.77. The topological polar surface area (TPSA) is 50.4 Å². The Kier molecular flexibility index (Phi) is 8.64. The predicted octanol–water partition coefficient (Wildman–Crippen LogP) is 3.22. The molecule has 1 aliphatic heterocycles. The largest absolute Gasteiger partial charge is 0.491 e. The minimum Gasteiger partial charge on any atom is -0.491 e. The molecule has 122 valence electrons. The molecule has 0 saturated heterocycles. The second kappa shape index (κ2) is 9.95. The van der Waals surface area contributed by atoms with Gasteiger partial charge in [-0.05, 0) is 31.2 Å². The van der Waals surface area contributed by atoms with Crippen LogP contribution in [0.3, 0.4) is 0 Å². The Morgan fingerprint density at radius 2 is 2.18 bits per heavy atom. The highest BCUT2D eigenvalue weighted by Crippen LogP contribution is 2.27. The minimum atomic E-state index is -0.0282. The maximum Gasteiger partial charge on any atom is 0.223 e. The van der Waals surface area contributed by atoms with Crippen molar-refractivity contribution in [3.63, 3.8) is 0 Å². The third kappa shape index (κ3) is 6.44. The van der Waals surface area contributed by atoms with Crippen LogP contribution in [0.15, 0.2) is 29.8 Å². The van der Waals surface area contributed by atoms with Gasteiger partial charge in [0.05, 0.1) is 18.1 Å². The predicted molar refractivity (Wildman–Crippen MR) is 92.4 cm³/mol. The molecule has 2 rings (SSSR count). The Bertz CT molecular complexity index is 536. The number of benzene rings is 1. The lowest BCUT2D eigenvalue weighted by Gasteiger charge is -2.14. The zero-order chi connectivity index (χ0) is 15.1. The number of hydrogen-bond acceptors (Lipinski definition) is 3. The number of hydrogen-bond donors (Lipinski definition) is 2. The van der Waals surface area contributed by atoms with Crippen molar-refractivity contribution in [2.45, 2.75) is 12.8 Å². The lowest BCUT2D eigenvalue weighted by molar-refractivity contribution is -0.121. The van der Waals surface area contributed by atoms with Gasteiger partial charge in [-0.1, -0.05) is 34.9 Å². The Balaban J connectivity index is 0.00000242. The molecule has 0 aliphatic carbocycles. The number of halogens is 3. The van der Waals surface area contributed by atoms with Crippen molar-refractivity contribution < 1.29 is 9.53 Å². The van der Waals surface area contributed by atoms with Crippen molar-refractivity contribution in [3.8, 4) is 5.75 Å². The average molecular weight is 366 g/mol. The Morgan fingerprint density at radius 3 is 2.86 bits per heavy atom. The maximum absolute atomic E-state index is 11.7. The highest BCUT2D eigenvalue weighted by molar-refractivity contribution is 6.35. The summed E-state index contributed by atoms with van der Waals surface area (Å²) in [5.41, 5.74) is 1.27. The maximum atomic E-state index is 11.7. The molecule has 1 amide bonds. The van der Waals surface area contributed by atoms with Crippen LogP contribution in [0.2, 0.25) is 10.0 Å². The first-order valence-corrected chi connectivity index (χ1v) is 7.64. The van der Waals surface area contributed by atoms with E-state index in [0.29, 0.717) is 28.8 Å². The highest BCUT2D eigenvalue weighted by atomic mass is 35.5. The highest BCUT2D eigenvalue weighted by Gasteiger charge is 2.07. The van der Waals surface area contributed by atoms with Gasteiger partial charge in [-0.2, -0.15) is 0 Å². The fourth-order valence-electron chi connectivity index (χ4n) is 1.98. The fraction of sp³-hybridized carbons (Fsp3) is 0.400. The van der Waals surface area contributed by atoms with E-state index in [2.05, 4.69) is 16.7 Å². The zero-order valence-electron chi connectivity index (χ0n) is 12.0. The summed E-state index contributed by atoms with van der Waals surface area (Å²) in [6.07, 6.45) is 3.40. The van der Waals surface area contributed by atoms with Gasteiger partial charge in [-0.3, -0.25) is 4.79 Å². The third-order valence-electron chi connectivity index (χ3n) is 3.15. The summed E-state index contributed by atoms with van der Waals surface area (Å²) in [6, 6.07) is 5.01. The van der Waals surface area contributed by atoms with Crippen LogP contribution >= 0.6 is 35.6 Å². The first kappa shape index (κ1) is 19.1. The van der Waals surface area contributed by atoms with Gasteiger partial charge in [0.15, 0.2) is 0 Å². The van der Waals surface area contributed by atoms with Gasteiger partial charge >= 0.3 is 0 Å². The van der Waals surface area contributed by atoms with Gasteiger partial charge in [0, 0.05) is 18.1 Å². The number of nitrogens with one attached hydrogen (secondary N) is 2. The zero-order valence-corrected chi connectivity index (χ0v) is 14.4. The molecular formula is C15H19Cl3N2O2. The summed E-state index contributed by atoms with van der Waals surface area (Å²) in [5, 5.41) is 7.13. The van der Waals surface area contributed by atoms with Crippen LogP contribution in [0.5, 0.6) is 5.75 Å². The minimum absolute atomic E-state index is 0. The van der Waals surface area contributed by atoms with Crippen LogP contribution in [0.4, 0.5) is 0 Å². The SMILES string of the molecule is Cl.O=C(CCOc1ccc(Cl)cc1Cl)NCC1=CCNCC1. The van der Waals surface area contributed by atoms with Crippen molar-refractivity contribution in [3.05, 3.63) is 39.9 Å². The van der Waals surface area contributed by atoms with Crippen molar-refractivity contribution in [1.82, 2.24) is 10.6 Å². The Hall–Kier alpha value is -0.940. The molecule has 0 saturated carbocycles. The number of rotatable bonds is 6. The van der Waals surface area contributed by atoms with Crippen molar-refractivity contribution in [1.29, 1.82) is 0 Å². The summed E-state index contributed by atoms with van der Waals surface area (Å²) >= 11 is 11.8. The molecule has 0 radical (unpaired) electrons. The van der Waals surface area contributed by atoms with Crippen molar-refractivity contribution >= 4 is 41.5 Å². The molecular weight excluding hydrogens is 347 g/mol. The molecule has 1 aromatic rings. The molecule has 0 bridgehead atoms. The van der Waals surface area contributed by atoms with Gasteiger partial charge in [0.2, 0.25) is 5.91 Å². The molecule has 2 N–H and O–H groups in total. The number of carbonyl (C=O) groups is 1. The van der Waals surface area contributed by atoms with E-state index in [0.717, 1.165) is 19.5 Å². The van der Waals surface area contributed by atoms with E-state index in [4.69, 9.17) is 27.9 Å². The summed E-state index contributed by atoms with van der Waals surface area (Å²) < 4.78 is 5.48. The molecule has 0 atom stereocenters. The molecule has 4 nitrogen and oxygen atoms in total. The van der Waals surface area contributed by atoms with Crippen LogP contribution in [0.25, 0.3) is 0 Å². The van der Waals surface area contributed by atoms with Crippen molar-refractivity contribution in [2.24, 2.45) is 0 Å². The molecule has 0 fully saturated rings. The van der Waals surface area contributed by atoms with E-state index in [1.165, 1.54) is 5.57 Å². The normalized spacial score (nSPS) is 13.8. The first-order chi connectivity index (χ1) is 10.1. The van der Waals surface area contributed by atoms with Crippen LogP contribution in [-0.4, -0.2) is 32.1 Å². The van der Waals surface area contributed by atoms with E-state index >= 15 is 0 Å². The van der Waals surface area contributed by atoms with Crippen LogP contribution in [0, 0.1) is 0 Å². The standard InChI is InChI=1S/C15H18Cl2N2O2.ClH/c16-12-1-2-14(13(17)9-12)21-8-5-15(20)19-10-11-3-6-18-7-4-11;/h1-3,9,18H,4-8,10H2,(H,19,20);1H. The molecule has 7 heteroatoms. The fourth-order valence-corrected chi connectivity index (χ4v) is 2.44. The van der Waals surface area contributed by atoms with Gasteiger partial charge in [0.25, 0.3) is 0 Å². The molecule has 1 aliphatic rings. The summed E-state index contributed by atoms with van der Waals surface area (Å²) in [6.45, 7) is 2.75. The molecule has 0 unspecified atom stereocenters. The van der Waals surface area contributed by atoms with Gasteiger partial charge in [-0.15, -0.1) is 12.4 Å². The summed E-state index contributed by atoms with van der Waals surface area (Å²) in [5.74, 6) is 0.509. The number of amides is 1. The molecule has 1 heterocycles. The van der Waals surface area contributed by atoms with Gasteiger partial charge in [-0.25, -0.2) is 0 Å². The van der Waals surface area contributed by atoms with E-state index in [1.54, 1.807) is 18.2 Å². The molecule has 0 aromatic heterocycles. The lowest BCUT2D eigenvalue weighted by Crippen LogP contribution is -2.30. The van der Waals surface area contributed by atoms with E-state index in [-0.39, 0.29) is 24.9 Å². The van der Waals surface area contributed by atoms with Crippen LogP contribution in [0.1, 0.15) is 12.8 Å². The molecule has 22 heavy (non-hydrogen) atoms. The third-order valence-corrected chi connectivity index (χ3v) is 3.68. The first-order valence-electron chi connectivity index (χ1n) is 6.88. The second-order valence-corrected chi connectivity index (χ2v) is 5.61. The van der Waals surface area contributed by atoms with Crippen molar-refractivity contribution in [2.75, 3.05) is 26.2 Å². The van der Waals surface area contributed by atoms with Gasteiger partial charge < -0.3 is 15.4 Å². The van der Waals surface area contributed by atoms with E-state index < -0.39 is 0 Å². The number of ether oxygens (including phenoxy) is 1. The molecule has 0 spiro atoms. The lowest BCUT2D eigenvalue weighted by atomic mass is 10.1. The average Bonchev–Trinajstić information content (AvgIpc) is 2.48. The van der Waals surface area contributed by atoms with Crippen LogP contribution in [-0.2, 0) is 4.79 Å². The van der Waals surface area contributed by atoms with Crippen LogP contribution < -0.4 is 15.4 Å².